The summed E-state index contributed by atoms with van der Waals surface area (Å²) in [6, 6.07) is 7.45. The van der Waals surface area contributed by atoms with Gasteiger partial charge in [0.25, 0.3) is 0 Å². The maximum absolute atomic E-state index is 3.33. The van der Waals surface area contributed by atoms with E-state index >= 15 is 0 Å². The van der Waals surface area contributed by atoms with Crippen LogP contribution in [0.1, 0.15) is 29.2 Å². The molecule has 1 aliphatic heterocycles. The van der Waals surface area contributed by atoms with Gasteiger partial charge < -0.3 is 5.32 Å². The highest BCUT2D eigenvalue weighted by Gasteiger charge is 2.33. The van der Waals surface area contributed by atoms with Crippen molar-refractivity contribution in [1.82, 2.24) is 10.2 Å². The van der Waals surface area contributed by atoms with Crippen LogP contribution in [0, 0.1) is 19.8 Å². The lowest BCUT2D eigenvalue weighted by molar-refractivity contribution is 0.273. The number of aryl methyl sites for hydroxylation is 2. The van der Waals surface area contributed by atoms with Gasteiger partial charge in [-0.3, -0.25) is 4.90 Å². The first-order valence-corrected chi connectivity index (χ1v) is 6.55. The van der Waals surface area contributed by atoms with Crippen molar-refractivity contribution in [3.05, 3.63) is 34.9 Å². The first-order valence-electron chi connectivity index (χ1n) is 6.55. The zero-order valence-electron chi connectivity index (χ0n) is 11.5. The summed E-state index contributed by atoms with van der Waals surface area (Å²) in [5.74, 6) is 0.742. The van der Waals surface area contributed by atoms with Crippen molar-refractivity contribution < 1.29 is 0 Å². The fourth-order valence-corrected chi connectivity index (χ4v) is 3.15. The fourth-order valence-electron chi connectivity index (χ4n) is 3.15. The van der Waals surface area contributed by atoms with Gasteiger partial charge in [0.15, 0.2) is 0 Å². The molecule has 0 spiro atoms. The molecule has 0 bridgehead atoms. The van der Waals surface area contributed by atoms with Crippen LogP contribution in [0.15, 0.2) is 18.2 Å². The fraction of sp³-hybridized carbons (Fsp3) is 0.600. The quantitative estimate of drug-likeness (QED) is 0.861. The summed E-state index contributed by atoms with van der Waals surface area (Å²) >= 11 is 0. The van der Waals surface area contributed by atoms with Gasteiger partial charge >= 0.3 is 0 Å². The molecule has 0 amide bonds. The van der Waals surface area contributed by atoms with Crippen LogP contribution in [0.3, 0.4) is 0 Å². The molecule has 1 saturated heterocycles. The molecule has 2 nitrogen and oxygen atoms in total. The molecular weight excluding hydrogens is 208 g/mol. The van der Waals surface area contributed by atoms with Crippen molar-refractivity contribution in [1.29, 1.82) is 0 Å². The average Bonchev–Trinajstić information content (AvgIpc) is 2.62. The third kappa shape index (κ3) is 2.53. The van der Waals surface area contributed by atoms with E-state index < -0.39 is 0 Å². The van der Waals surface area contributed by atoms with Gasteiger partial charge in [0, 0.05) is 6.04 Å². The van der Waals surface area contributed by atoms with Crippen LogP contribution in [-0.4, -0.2) is 32.1 Å². The Morgan fingerprint density at radius 3 is 2.76 bits per heavy atom. The van der Waals surface area contributed by atoms with Crippen LogP contribution in [0.25, 0.3) is 0 Å². The standard InChI is InChI=1S/C15H24N2/c1-11-5-6-14(12(2)9-11)15-13(10-16-3)7-8-17(15)4/h5-6,9,13,15-16H,7-8,10H2,1-4H3. The SMILES string of the molecule is CNCC1CCN(C)C1c1ccc(C)cc1C. The normalized spacial score (nSPS) is 25.4. The van der Waals surface area contributed by atoms with E-state index in [4.69, 9.17) is 0 Å². The van der Waals surface area contributed by atoms with Crippen LogP contribution in [-0.2, 0) is 0 Å². The van der Waals surface area contributed by atoms with E-state index in [1.807, 2.05) is 0 Å². The van der Waals surface area contributed by atoms with Crippen LogP contribution < -0.4 is 5.32 Å². The molecule has 17 heavy (non-hydrogen) atoms. The Bertz CT molecular complexity index is 385. The molecule has 0 aliphatic carbocycles. The molecule has 0 radical (unpaired) electrons. The summed E-state index contributed by atoms with van der Waals surface area (Å²) in [4.78, 5) is 2.50. The first-order chi connectivity index (χ1) is 8.13. The summed E-state index contributed by atoms with van der Waals surface area (Å²) in [5.41, 5.74) is 4.30. The van der Waals surface area contributed by atoms with Crippen molar-refractivity contribution in [2.24, 2.45) is 5.92 Å². The summed E-state index contributed by atoms with van der Waals surface area (Å²) in [6.07, 6.45) is 1.30. The molecule has 0 saturated carbocycles. The molecule has 1 aliphatic rings. The number of benzene rings is 1. The van der Waals surface area contributed by atoms with Gasteiger partial charge in [-0.25, -0.2) is 0 Å². The second kappa shape index (κ2) is 5.19. The van der Waals surface area contributed by atoms with E-state index in [0.717, 1.165) is 12.5 Å². The monoisotopic (exact) mass is 232 g/mol. The number of hydrogen-bond donors (Lipinski definition) is 1. The van der Waals surface area contributed by atoms with Gasteiger partial charge in [0.2, 0.25) is 0 Å². The first kappa shape index (κ1) is 12.6. The third-order valence-electron chi connectivity index (χ3n) is 3.98. The Kier molecular flexibility index (Phi) is 3.85. The highest BCUT2D eigenvalue weighted by atomic mass is 15.2. The molecule has 2 rings (SSSR count). The molecular formula is C15H24N2. The zero-order valence-corrected chi connectivity index (χ0v) is 11.5. The summed E-state index contributed by atoms with van der Waals surface area (Å²) in [5, 5.41) is 3.33. The molecule has 2 heteroatoms. The zero-order chi connectivity index (χ0) is 12.4. The van der Waals surface area contributed by atoms with Gasteiger partial charge in [0.05, 0.1) is 0 Å². The molecule has 2 atom stereocenters. The number of nitrogens with one attached hydrogen (secondary N) is 1. The van der Waals surface area contributed by atoms with Crippen molar-refractivity contribution in [3.63, 3.8) is 0 Å². The second-order valence-corrected chi connectivity index (χ2v) is 5.39. The molecule has 1 aromatic rings. The Morgan fingerprint density at radius 2 is 2.12 bits per heavy atom. The van der Waals surface area contributed by atoms with Crippen LogP contribution in [0.2, 0.25) is 0 Å². The van der Waals surface area contributed by atoms with Gasteiger partial charge in [-0.1, -0.05) is 23.8 Å². The van der Waals surface area contributed by atoms with Crippen molar-refractivity contribution in [2.75, 3.05) is 27.2 Å². The highest BCUT2D eigenvalue weighted by Crippen LogP contribution is 2.37. The van der Waals surface area contributed by atoms with Gasteiger partial charge in [-0.2, -0.15) is 0 Å². The molecule has 1 heterocycles. The van der Waals surface area contributed by atoms with E-state index in [2.05, 4.69) is 56.4 Å². The Balaban J connectivity index is 2.29. The molecule has 0 aromatic heterocycles. The minimum absolute atomic E-state index is 0.586. The maximum atomic E-state index is 3.33. The lowest BCUT2D eigenvalue weighted by Crippen LogP contribution is -2.27. The van der Waals surface area contributed by atoms with Crippen LogP contribution in [0.4, 0.5) is 0 Å². The predicted molar refractivity (Wildman–Crippen MR) is 73.3 cm³/mol. The van der Waals surface area contributed by atoms with E-state index in [9.17, 15) is 0 Å². The smallest absolute Gasteiger partial charge is 0.0388 e. The molecule has 1 fully saturated rings. The Labute approximate surface area is 105 Å². The van der Waals surface area contributed by atoms with Gasteiger partial charge in [0.1, 0.15) is 0 Å². The lowest BCUT2D eigenvalue weighted by Gasteiger charge is -2.27. The topological polar surface area (TPSA) is 15.3 Å². The molecule has 94 valence electrons. The van der Waals surface area contributed by atoms with Crippen molar-refractivity contribution in [3.8, 4) is 0 Å². The second-order valence-electron chi connectivity index (χ2n) is 5.39. The minimum atomic E-state index is 0.586. The van der Waals surface area contributed by atoms with E-state index in [-0.39, 0.29) is 0 Å². The third-order valence-corrected chi connectivity index (χ3v) is 3.98. The Hall–Kier alpha value is -0.860. The summed E-state index contributed by atoms with van der Waals surface area (Å²) < 4.78 is 0. The van der Waals surface area contributed by atoms with E-state index in [1.54, 1.807) is 0 Å². The number of likely N-dealkylation sites (tertiary alicyclic amines) is 1. The lowest BCUT2D eigenvalue weighted by atomic mass is 9.90. The van der Waals surface area contributed by atoms with Crippen molar-refractivity contribution >= 4 is 0 Å². The van der Waals surface area contributed by atoms with Crippen LogP contribution in [0.5, 0.6) is 0 Å². The summed E-state index contributed by atoms with van der Waals surface area (Å²) in [7, 11) is 4.30. The van der Waals surface area contributed by atoms with Gasteiger partial charge in [-0.15, -0.1) is 0 Å². The minimum Gasteiger partial charge on any atom is -0.319 e. The summed E-state index contributed by atoms with van der Waals surface area (Å²) in [6.45, 7) is 6.73. The highest BCUT2D eigenvalue weighted by molar-refractivity contribution is 5.33. The largest absolute Gasteiger partial charge is 0.319 e. The number of rotatable bonds is 3. The molecule has 2 unspecified atom stereocenters. The van der Waals surface area contributed by atoms with Crippen molar-refractivity contribution in [2.45, 2.75) is 26.3 Å². The van der Waals surface area contributed by atoms with E-state index in [0.29, 0.717) is 6.04 Å². The van der Waals surface area contributed by atoms with E-state index in [1.165, 1.54) is 29.7 Å². The predicted octanol–water partition coefficient (Wildman–Crippen LogP) is 2.52. The Morgan fingerprint density at radius 1 is 1.35 bits per heavy atom. The van der Waals surface area contributed by atoms with Gasteiger partial charge in [-0.05, 0) is 64.5 Å². The average molecular weight is 232 g/mol. The number of hydrogen-bond acceptors (Lipinski definition) is 2. The molecule has 1 aromatic carbocycles. The van der Waals surface area contributed by atoms with Crippen LogP contribution >= 0.6 is 0 Å². The number of nitrogens with zero attached hydrogens (tertiary/aromatic N) is 1. The maximum Gasteiger partial charge on any atom is 0.0388 e. The molecule has 1 N–H and O–H groups in total.